The van der Waals surface area contributed by atoms with Crippen molar-refractivity contribution in [3.8, 4) is 0 Å². The lowest BCUT2D eigenvalue weighted by Gasteiger charge is -2.66. The summed E-state index contributed by atoms with van der Waals surface area (Å²) in [5.41, 5.74) is -2.19. The fourth-order valence-corrected chi connectivity index (χ4v) is 12.7. The number of carbonyl (C=O) groups is 1. The Morgan fingerprint density at radius 1 is 0.729 bits per heavy atom. The molecule has 25 atom stereocenters. The van der Waals surface area contributed by atoms with Crippen LogP contribution in [0.1, 0.15) is 120 Å². The van der Waals surface area contributed by atoms with Gasteiger partial charge in [-0.25, -0.2) is 0 Å². The fraction of sp³-hybridized carbons (Fsp3) is 0.939. The molecule has 21 heteroatoms. The maximum atomic E-state index is 12.4. The predicted molar refractivity (Wildman–Crippen MR) is 244 cm³/mol. The molecular formula is C49H84O21. The second-order valence-corrected chi connectivity index (χ2v) is 22.4. The monoisotopic (exact) mass is 1010 g/mol. The molecule has 12 N–H and O–H groups in total. The molecule has 21 nitrogen and oxygen atoms in total. The molecule has 0 amide bonds. The number of ether oxygens (including phenoxy) is 8. The Hall–Kier alpha value is -1.55. The maximum Gasteiger partial charge on any atom is 0.303 e. The van der Waals surface area contributed by atoms with Crippen molar-refractivity contribution in [3.63, 3.8) is 0 Å². The van der Waals surface area contributed by atoms with E-state index < -0.39 is 158 Å². The average molecular weight is 1010 g/mol. The molecule has 0 aromatic heterocycles. The van der Waals surface area contributed by atoms with Crippen LogP contribution in [0.3, 0.4) is 0 Å². The summed E-state index contributed by atoms with van der Waals surface area (Å²) in [6.07, 6.45) is -21.4. The van der Waals surface area contributed by atoms with Gasteiger partial charge in [0.05, 0.1) is 49.3 Å². The summed E-state index contributed by atoms with van der Waals surface area (Å²) in [4.78, 5) is 12.4. The third-order valence-corrected chi connectivity index (χ3v) is 17.1. The molecule has 4 aliphatic heterocycles. The van der Waals surface area contributed by atoms with Crippen molar-refractivity contribution < 1.29 is 104 Å². The molecule has 4 heterocycles. The van der Waals surface area contributed by atoms with E-state index in [9.17, 15) is 66.1 Å². The minimum Gasteiger partial charge on any atom is -0.459 e. The lowest BCUT2D eigenvalue weighted by Crippen LogP contribution is -2.68. The molecule has 0 radical (unpaired) electrons. The minimum atomic E-state index is -1.87. The maximum absolute atomic E-state index is 12.4. The number of esters is 1. The molecule has 4 saturated heterocycles. The van der Waals surface area contributed by atoms with Crippen molar-refractivity contribution in [1.82, 2.24) is 0 Å². The van der Waals surface area contributed by atoms with Gasteiger partial charge in [-0.1, -0.05) is 32.4 Å². The SMILES string of the molecule is CC(=O)O[C@@H](C/C=C(\C)CC[C@@H](O)C(C)O)[C@](C)(O)[C@H]1CC[C@@H]2[C@@]3(C)CC[C@H](O[C@@H]4O[C@H](CO)[C@H](O)[C@H](O)[C@H]4O[C@@H]4O[C@H](CO)[C@@H](O)[C@H](O)[C@H]4O[C@@H]4O[C@@H](C)[C@H](O)[C@@H](O)[C@H]4O)C(C)(C)[C@@H]3CC[C@@]2(C)O1. The minimum absolute atomic E-state index is 0.0402. The van der Waals surface area contributed by atoms with Crippen molar-refractivity contribution in [2.75, 3.05) is 13.2 Å². The first kappa shape index (κ1) is 57.7. The van der Waals surface area contributed by atoms with Crippen LogP contribution < -0.4 is 0 Å². The second-order valence-electron chi connectivity index (χ2n) is 22.4. The van der Waals surface area contributed by atoms with Crippen molar-refractivity contribution >= 4 is 5.97 Å². The van der Waals surface area contributed by atoms with E-state index in [-0.39, 0.29) is 23.7 Å². The van der Waals surface area contributed by atoms with Gasteiger partial charge >= 0.3 is 5.97 Å². The van der Waals surface area contributed by atoms with E-state index in [1.807, 2.05) is 13.0 Å². The van der Waals surface area contributed by atoms with Crippen molar-refractivity contribution in [2.24, 2.45) is 22.7 Å². The summed E-state index contributed by atoms with van der Waals surface area (Å²) in [5, 5.41) is 129. The van der Waals surface area contributed by atoms with Gasteiger partial charge in [0.1, 0.15) is 78.8 Å². The van der Waals surface area contributed by atoms with Gasteiger partial charge in [-0.15, -0.1) is 0 Å². The van der Waals surface area contributed by atoms with Crippen molar-refractivity contribution in [2.45, 2.75) is 254 Å². The highest BCUT2D eigenvalue weighted by Crippen LogP contribution is 2.66. The molecule has 0 bridgehead atoms. The third-order valence-electron chi connectivity index (χ3n) is 17.1. The van der Waals surface area contributed by atoms with Gasteiger partial charge < -0.3 is 99.2 Å². The first-order chi connectivity index (χ1) is 32.6. The lowest BCUT2D eigenvalue weighted by atomic mass is 9.44. The molecule has 0 spiro atoms. The van der Waals surface area contributed by atoms with Gasteiger partial charge in [0.15, 0.2) is 18.9 Å². The van der Waals surface area contributed by atoms with E-state index in [1.54, 1.807) is 6.92 Å². The predicted octanol–water partition coefficient (Wildman–Crippen LogP) is -0.821. The molecule has 70 heavy (non-hydrogen) atoms. The number of aliphatic hydroxyl groups excluding tert-OH is 11. The normalized spacial score (nSPS) is 46.7. The molecule has 6 rings (SSSR count). The number of hydrogen-bond acceptors (Lipinski definition) is 21. The van der Waals surface area contributed by atoms with Crippen LogP contribution in [0, 0.1) is 22.7 Å². The van der Waals surface area contributed by atoms with E-state index in [4.69, 9.17) is 37.9 Å². The largest absolute Gasteiger partial charge is 0.459 e. The van der Waals surface area contributed by atoms with Crippen LogP contribution in [0.5, 0.6) is 0 Å². The van der Waals surface area contributed by atoms with Gasteiger partial charge in [0, 0.05) is 13.3 Å². The van der Waals surface area contributed by atoms with E-state index in [0.717, 1.165) is 5.57 Å². The highest BCUT2D eigenvalue weighted by molar-refractivity contribution is 5.66. The van der Waals surface area contributed by atoms with Crippen LogP contribution in [-0.4, -0.2) is 214 Å². The van der Waals surface area contributed by atoms with Gasteiger partial charge in [-0.2, -0.15) is 0 Å². The van der Waals surface area contributed by atoms with Gasteiger partial charge in [-0.3, -0.25) is 4.79 Å². The zero-order valence-corrected chi connectivity index (χ0v) is 42.1. The molecule has 6 fully saturated rings. The summed E-state index contributed by atoms with van der Waals surface area (Å²) < 4.78 is 49.3. The molecule has 2 saturated carbocycles. The Morgan fingerprint density at radius 2 is 1.30 bits per heavy atom. The molecule has 1 unspecified atom stereocenters. The zero-order chi connectivity index (χ0) is 52.0. The summed E-state index contributed by atoms with van der Waals surface area (Å²) in [6, 6.07) is 0. The Kier molecular flexibility index (Phi) is 18.7. The first-order valence-electron chi connectivity index (χ1n) is 25.1. The van der Waals surface area contributed by atoms with Gasteiger partial charge in [-0.05, 0) is 109 Å². The Labute approximate surface area is 410 Å². The van der Waals surface area contributed by atoms with Crippen LogP contribution in [-0.2, 0) is 42.7 Å². The number of fused-ring (bicyclic) bond motifs is 3. The summed E-state index contributed by atoms with van der Waals surface area (Å²) in [7, 11) is 0. The molecule has 406 valence electrons. The van der Waals surface area contributed by atoms with Crippen molar-refractivity contribution in [3.05, 3.63) is 11.6 Å². The van der Waals surface area contributed by atoms with Crippen LogP contribution >= 0.6 is 0 Å². The zero-order valence-electron chi connectivity index (χ0n) is 42.1. The smallest absolute Gasteiger partial charge is 0.303 e. The highest BCUT2D eigenvalue weighted by Gasteiger charge is 2.65. The van der Waals surface area contributed by atoms with Crippen LogP contribution in [0.4, 0.5) is 0 Å². The topological polar surface area (TPSA) is 334 Å². The summed E-state index contributed by atoms with van der Waals surface area (Å²) in [5.74, 6) is -0.458. The van der Waals surface area contributed by atoms with Crippen LogP contribution in [0.25, 0.3) is 0 Å². The van der Waals surface area contributed by atoms with Crippen LogP contribution in [0.2, 0.25) is 0 Å². The highest BCUT2D eigenvalue weighted by atomic mass is 16.8. The number of hydrogen-bond donors (Lipinski definition) is 12. The molecule has 6 aliphatic rings. The second kappa shape index (κ2) is 22.7. The Bertz CT molecular complexity index is 1750. The molecule has 0 aromatic carbocycles. The average Bonchev–Trinajstić information content (AvgIpc) is 3.29. The van der Waals surface area contributed by atoms with Gasteiger partial charge in [0.25, 0.3) is 0 Å². The van der Waals surface area contributed by atoms with E-state index >= 15 is 0 Å². The Morgan fingerprint density at radius 3 is 1.86 bits per heavy atom. The first-order valence-corrected chi connectivity index (χ1v) is 25.1. The number of carbonyl (C=O) groups excluding carboxylic acids is 1. The number of rotatable bonds is 17. The third kappa shape index (κ3) is 11.6. The van der Waals surface area contributed by atoms with E-state index in [1.165, 1.54) is 20.8 Å². The molecule has 0 aromatic rings. The van der Waals surface area contributed by atoms with Gasteiger partial charge in [0.2, 0.25) is 0 Å². The van der Waals surface area contributed by atoms with E-state index in [0.29, 0.717) is 51.4 Å². The molecular weight excluding hydrogens is 925 g/mol. The molecule has 2 aliphatic carbocycles. The quantitative estimate of drug-likeness (QED) is 0.0481. The lowest BCUT2D eigenvalue weighted by molar-refractivity contribution is -0.398. The Balaban J connectivity index is 1.19. The van der Waals surface area contributed by atoms with Crippen molar-refractivity contribution in [1.29, 1.82) is 0 Å². The van der Waals surface area contributed by atoms with E-state index in [2.05, 4.69) is 27.7 Å². The van der Waals surface area contributed by atoms with Crippen LogP contribution in [0.15, 0.2) is 11.6 Å². The summed E-state index contributed by atoms with van der Waals surface area (Å²) in [6.45, 7) is 14.8. The standard InChI is InChI=1S/C49H84O21/c1-22(10-12-26(54)23(2)52)11-14-32(64-25(4)53)49(9,62)33-15-13-30-47(7)18-17-31(46(5,6)29(47)16-19-48(30,8)70-33)67-44-41(38(59)35(56)27(20-50)65-44)69-45-42(39(60)36(57)28(21-51)66-45)68-43-40(61)37(58)34(55)24(3)63-43/h11,23-24,26-45,50-52,54-62H,10,12-21H2,1-9H3/b22-11+/t23?,24-,26+,27+,28+,29-,30+,31-,32-,33+,34-,35-,36+,37+,38-,39-,40+,41+,42+,43-,44-,45-,47-,48+,49-/m0/s1. The number of aliphatic hydroxyl groups is 12. The number of allylic oxidation sites excluding steroid dienone is 1. The summed E-state index contributed by atoms with van der Waals surface area (Å²) >= 11 is 0. The fourth-order valence-electron chi connectivity index (χ4n) is 12.7.